The van der Waals surface area contributed by atoms with Gasteiger partial charge in [-0.05, 0) is 53.6 Å². The van der Waals surface area contributed by atoms with Gasteiger partial charge in [-0.2, -0.15) is 17.7 Å². The maximum atomic E-state index is 12.6. The number of imide groups is 1. The highest BCUT2D eigenvalue weighted by Gasteiger charge is 2.39. The molecule has 2 atom stereocenters. The fraction of sp³-hybridized carbons (Fsp3) is 0.455. The summed E-state index contributed by atoms with van der Waals surface area (Å²) in [6.45, 7) is 5.35. The monoisotopic (exact) mass is 613 g/mol. The number of fused-ring (bicyclic) bond motifs is 1. The smallest absolute Gasteiger partial charge is 0.243 e. The Hall–Kier alpha value is -3.67. The zero-order chi connectivity index (χ0) is 30.2. The summed E-state index contributed by atoms with van der Waals surface area (Å²) in [7, 11) is 0. The lowest BCUT2D eigenvalue weighted by Gasteiger charge is -2.36. The van der Waals surface area contributed by atoms with Crippen molar-refractivity contribution in [3.8, 4) is 0 Å². The number of aromatic amines is 1. The summed E-state index contributed by atoms with van der Waals surface area (Å²) >= 11 is 4.83. The van der Waals surface area contributed by atoms with Gasteiger partial charge < -0.3 is 10.2 Å². The highest BCUT2D eigenvalue weighted by atomic mass is 32.1. The third-order valence-electron chi connectivity index (χ3n) is 9.62. The maximum Gasteiger partial charge on any atom is 0.243 e. The van der Waals surface area contributed by atoms with Crippen molar-refractivity contribution in [1.82, 2.24) is 25.3 Å². The van der Waals surface area contributed by atoms with Crippen molar-refractivity contribution in [3.05, 3.63) is 76.5 Å². The predicted molar refractivity (Wildman–Crippen MR) is 171 cm³/mol. The number of nitrogens with zero attached hydrogens (tertiary/aromatic N) is 4. The van der Waals surface area contributed by atoms with Crippen LogP contribution in [-0.4, -0.2) is 69.9 Å². The second-order valence-corrected chi connectivity index (χ2v) is 13.0. The van der Waals surface area contributed by atoms with E-state index in [9.17, 15) is 14.4 Å². The molecule has 2 unspecified atom stereocenters. The van der Waals surface area contributed by atoms with Gasteiger partial charge >= 0.3 is 0 Å². The molecule has 2 aromatic carbocycles. The van der Waals surface area contributed by atoms with Crippen molar-refractivity contribution < 1.29 is 14.4 Å². The van der Waals surface area contributed by atoms with Gasteiger partial charge in [0.25, 0.3) is 0 Å². The fourth-order valence-corrected chi connectivity index (χ4v) is 7.33. The summed E-state index contributed by atoms with van der Waals surface area (Å²) in [5.41, 5.74) is 6.90. The Bertz CT molecular complexity index is 1540. The Balaban J connectivity index is 0.884. The number of carbonyl (C=O) groups excluding carboxylic acids is 3. The molecule has 3 fully saturated rings. The highest BCUT2D eigenvalue weighted by Crippen LogP contribution is 2.40. The van der Waals surface area contributed by atoms with Crippen molar-refractivity contribution in [3.63, 3.8) is 0 Å². The van der Waals surface area contributed by atoms with Gasteiger partial charge in [0, 0.05) is 69.1 Å². The summed E-state index contributed by atoms with van der Waals surface area (Å²) in [6, 6.07) is 16.5. The van der Waals surface area contributed by atoms with Crippen molar-refractivity contribution >= 4 is 41.9 Å². The van der Waals surface area contributed by atoms with Crippen LogP contribution in [0.15, 0.2) is 48.5 Å². The first kappa shape index (κ1) is 29.1. The summed E-state index contributed by atoms with van der Waals surface area (Å²) < 4.78 is 0. The molecule has 4 heterocycles. The van der Waals surface area contributed by atoms with E-state index in [0.717, 1.165) is 49.5 Å². The van der Waals surface area contributed by atoms with Gasteiger partial charge in [0.1, 0.15) is 0 Å². The lowest BCUT2D eigenvalue weighted by atomic mass is 9.83. The Kier molecular flexibility index (Phi) is 8.17. The molecule has 10 nitrogen and oxygen atoms in total. The van der Waals surface area contributed by atoms with Crippen LogP contribution in [0.4, 0.5) is 11.5 Å². The van der Waals surface area contributed by atoms with Crippen LogP contribution >= 0.6 is 12.6 Å². The molecule has 3 aromatic rings. The van der Waals surface area contributed by atoms with Crippen LogP contribution in [0.2, 0.25) is 0 Å². The first-order valence-corrected chi connectivity index (χ1v) is 16.2. The number of piperazine rings is 1. The molecular weight excluding hydrogens is 574 g/mol. The van der Waals surface area contributed by atoms with Crippen LogP contribution in [-0.2, 0) is 33.9 Å². The molecule has 0 radical (unpaired) electrons. The Labute approximate surface area is 263 Å². The fourth-order valence-electron chi connectivity index (χ4n) is 6.84. The molecule has 44 heavy (non-hydrogen) atoms. The second kappa shape index (κ2) is 12.4. The first-order chi connectivity index (χ1) is 21.4. The molecule has 230 valence electrons. The molecule has 3 N–H and O–H groups in total. The van der Waals surface area contributed by atoms with E-state index < -0.39 is 0 Å². The van der Waals surface area contributed by atoms with Crippen LogP contribution < -0.4 is 15.5 Å². The van der Waals surface area contributed by atoms with Gasteiger partial charge in [0.05, 0.1) is 17.8 Å². The minimum atomic E-state index is -0.322. The lowest BCUT2D eigenvalue weighted by molar-refractivity contribution is -0.137. The Morgan fingerprint density at radius 3 is 2.48 bits per heavy atom. The van der Waals surface area contributed by atoms with Gasteiger partial charge in [0.15, 0.2) is 5.82 Å². The molecule has 2 saturated heterocycles. The number of carbonyl (C=O) groups is 3. The normalized spacial score (nSPS) is 22.9. The number of benzene rings is 2. The lowest BCUT2D eigenvalue weighted by Crippen LogP contribution is -2.51. The van der Waals surface area contributed by atoms with Crippen molar-refractivity contribution in [2.45, 2.75) is 68.9 Å². The predicted octanol–water partition coefficient (Wildman–Crippen LogP) is 3.73. The first-order valence-electron chi connectivity index (χ1n) is 15.7. The number of rotatable bonds is 8. The molecule has 1 aromatic heterocycles. The van der Waals surface area contributed by atoms with E-state index in [1.165, 1.54) is 36.1 Å². The number of amides is 3. The molecule has 0 spiro atoms. The van der Waals surface area contributed by atoms with E-state index in [-0.39, 0.29) is 29.1 Å². The zero-order valence-electron chi connectivity index (χ0n) is 24.8. The van der Waals surface area contributed by atoms with Crippen LogP contribution in [0.5, 0.6) is 0 Å². The van der Waals surface area contributed by atoms with E-state index in [0.29, 0.717) is 37.5 Å². The maximum absolute atomic E-state index is 12.6. The van der Waals surface area contributed by atoms with E-state index >= 15 is 0 Å². The second-order valence-electron chi connectivity index (χ2n) is 12.5. The van der Waals surface area contributed by atoms with Gasteiger partial charge in [-0.1, -0.05) is 36.8 Å². The molecule has 7 rings (SSSR count). The minimum absolute atomic E-state index is 0.0573. The van der Waals surface area contributed by atoms with Gasteiger partial charge in [0.2, 0.25) is 17.7 Å². The average molecular weight is 614 g/mol. The summed E-state index contributed by atoms with van der Waals surface area (Å²) in [5, 5.41) is 12.6. The van der Waals surface area contributed by atoms with E-state index in [4.69, 9.17) is 12.6 Å². The standard InChI is InChI=1S/C33H39N7O3S/c41-30-11-10-28(32(43)35-30)40-20-24-16-22(6-9-26(24)33(40)44)19-38-12-14-39(15-13-38)25-7-4-21(5-8-25)17-31(42)34-29-18-27(36-37-29)23-2-1-3-23/h4-9,16,18,23,28,33,44H,1-3,10-15,17,19-20H2,(H,35,41,43)(H2,34,36,37,42). The average Bonchev–Trinajstić information content (AvgIpc) is 3.56. The van der Waals surface area contributed by atoms with E-state index in [2.05, 4.69) is 65.9 Å². The summed E-state index contributed by atoms with van der Waals surface area (Å²) in [4.78, 5) is 43.6. The molecule has 3 amide bonds. The third-order valence-corrected chi connectivity index (χ3v) is 10.2. The SMILES string of the molecule is O=C1CCC(N2Cc3cc(CN4CCN(c5ccc(CC(=O)Nc6cc(C7CCC7)[nH]n6)cc5)CC4)ccc3C2S)C(=O)N1. The topological polar surface area (TPSA) is 114 Å². The zero-order valence-corrected chi connectivity index (χ0v) is 25.7. The van der Waals surface area contributed by atoms with Crippen molar-refractivity contribution in [2.75, 3.05) is 36.4 Å². The number of H-pyrrole nitrogens is 1. The molecule has 3 aliphatic heterocycles. The van der Waals surface area contributed by atoms with Crippen LogP contribution in [0.1, 0.15) is 71.3 Å². The van der Waals surface area contributed by atoms with Gasteiger partial charge in [-0.3, -0.25) is 34.6 Å². The number of thiol groups is 1. The molecule has 11 heteroatoms. The summed E-state index contributed by atoms with van der Waals surface area (Å²) in [6.07, 6.45) is 4.88. The van der Waals surface area contributed by atoms with Crippen LogP contribution in [0, 0.1) is 0 Å². The van der Waals surface area contributed by atoms with Crippen molar-refractivity contribution in [1.29, 1.82) is 0 Å². The molecule has 1 aliphatic carbocycles. The minimum Gasteiger partial charge on any atom is -0.369 e. The van der Waals surface area contributed by atoms with Gasteiger partial charge in [-0.25, -0.2) is 0 Å². The number of piperidine rings is 1. The van der Waals surface area contributed by atoms with Crippen molar-refractivity contribution in [2.24, 2.45) is 0 Å². The number of aromatic nitrogens is 2. The number of anilines is 2. The largest absolute Gasteiger partial charge is 0.369 e. The van der Waals surface area contributed by atoms with E-state index in [1.54, 1.807) is 0 Å². The number of hydrogen-bond acceptors (Lipinski definition) is 8. The quantitative estimate of drug-likeness (QED) is 0.226. The van der Waals surface area contributed by atoms with Crippen LogP contribution in [0.25, 0.3) is 0 Å². The third kappa shape index (κ3) is 6.13. The molecule has 0 bridgehead atoms. The van der Waals surface area contributed by atoms with E-state index in [1.807, 2.05) is 18.2 Å². The highest BCUT2D eigenvalue weighted by molar-refractivity contribution is 7.80. The number of hydrogen-bond donors (Lipinski definition) is 4. The molecular formula is C33H39N7O3S. The Morgan fingerprint density at radius 2 is 1.75 bits per heavy atom. The number of nitrogens with one attached hydrogen (secondary N) is 3. The summed E-state index contributed by atoms with van der Waals surface area (Å²) in [5.74, 6) is 0.697. The molecule has 4 aliphatic rings. The van der Waals surface area contributed by atoms with Gasteiger partial charge in [-0.15, -0.1) is 0 Å². The molecule has 1 saturated carbocycles. The van der Waals surface area contributed by atoms with Crippen LogP contribution in [0.3, 0.4) is 0 Å². The Morgan fingerprint density at radius 1 is 0.977 bits per heavy atom.